The molecule has 0 rings (SSSR count). The van der Waals surface area contributed by atoms with Crippen LogP contribution in [0.15, 0.2) is 0 Å². The van der Waals surface area contributed by atoms with Gasteiger partial charge in [0.2, 0.25) is 0 Å². The molecular formula is C33H64O5. The summed E-state index contributed by atoms with van der Waals surface area (Å²) < 4.78 is 10.8. The van der Waals surface area contributed by atoms with Gasteiger partial charge in [-0.15, -0.1) is 0 Å². The van der Waals surface area contributed by atoms with Gasteiger partial charge in [-0.25, -0.2) is 0 Å². The number of carbonyl (C=O) groups is 2. The molecule has 0 spiro atoms. The molecule has 0 aromatic heterocycles. The van der Waals surface area contributed by atoms with Crippen molar-refractivity contribution in [3.8, 4) is 0 Å². The fourth-order valence-electron chi connectivity index (χ4n) is 4.55. The van der Waals surface area contributed by atoms with Crippen LogP contribution >= 0.6 is 0 Å². The number of hydrogen-bond donors (Lipinski definition) is 1. The Kier molecular flexibility index (Phi) is 24.2. The molecule has 226 valence electrons. The number of carbonyl (C=O) groups excluding carboxylic acids is 2. The van der Waals surface area contributed by atoms with E-state index >= 15 is 0 Å². The summed E-state index contributed by atoms with van der Waals surface area (Å²) >= 11 is 0. The number of unbranched alkanes of at least 4 members (excludes halogenated alkanes) is 14. The first-order chi connectivity index (χ1) is 18.2. The van der Waals surface area contributed by atoms with Crippen molar-refractivity contribution >= 4 is 11.9 Å². The van der Waals surface area contributed by atoms with Crippen LogP contribution in [0.1, 0.15) is 163 Å². The van der Waals surface area contributed by atoms with Gasteiger partial charge in [-0.05, 0) is 24.7 Å². The van der Waals surface area contributed by atoms with E-state index in [9.17, 15) is 14.7 Å². The second-order valence-corrected chi connectivity index (χ2v) is 12.8. The minimum Gasteiger partial charge on any atom is -0.465 e. The molecule has 0 unspecified atom stereocenters. The van der Waals surface area contributed by atoms with Crippen LogP contribution in [0, 0.1) is 17.3 Å². The first-order valence-corrected chi connectivity index (χ1v) is 16.1. The molecule has 0 saturated heterocycles. The highest BCUT2D eigenvalue weighted by Gasteiger charge is 2.27. The molecule has 0 heterocycles. The monoisotopic (exact) mass is 540 g/mol. The van der Waals surface area contributed by atoms with Gasteiger partial charge < -0.3 is 14.6 Å². The van der Waals surface area contributed by atoms with Crippen LogP contribution in [-0.4, -0.2) is 36.9 Å². The molecule has 0 aromatic carbocycles. The van der Waals surface area contributed by atoms with Gasteiger partial charge in [0.15, 0.2) is 0 Å². The van der Waals surface area contributed by atoms with E-state index in [2.05, 4.69) is 27.7 Å². The average molecular weight is 541 g/mol. The van der Waals surface area contributed by atoms with Crippen molar-refractivity contribution in [1.29, 1.82) is 0 Å². The topological polar surface area (TPSA) is 72.8 Å². The normalized spacial score (nSPS) is 11.9. The predicted molar refractivity (Wildman–Crippen MR) is 159 cm³/mol. The second-order valence-electron chi connectivity index (χ2n) is 12.8. The Labute approximate surface area is 236 Å². The van der Waals surface area contributed by atoms with Gasteiger partial charge in [-0.3, -0.25) is 9.59 Å². The lowest BCUT2D eigenvalue weighted by Crippen LogP contribution is -2.35. The molecule has 0 bridgehead atoms. The van der Waals surface area contributed by atoms with Crippen molar-refractivity contribution in [3.63, 3.8) is 0 Å². The lowest BCUT2D eigenvalue weighted by atomic mass is 9.94. The third kappa shape index (κ3) is 25.2. The highest BCUT2D eigenvalue weighted by Crippen LogP contribution is 2.19. The molecule has 0 aliphatic carbocycles. The Morgan fingerprint density at radius 1 is 0.553 bits per heavy atom. The van der Waals surface area contributed by atoms with E-state index in [0.29, 0.717) is 12.8 Å². The van der Waals surface area contributed by atoms with Crippen molar-refractivity contribution in [2.75, 3.05) is 19.8 Å². The van der Waals surface area contributed by atoms with Crippen molar-refractivity contribution < 1.29 is 24.2 Å². The summed E-state index contributed by atoms with van der Waals surface area (Å²) in [7, 11) is 0. The largest absolute Gasteiger partial charge is 0.465 e. The molecule has 0 aliphatic heterocycles. The smallest absolute Gasteiger partial charge is 0.305 e. The molecule has 0 saturated carbocycles. The van der Waals surface area contributed by atoms with E-state index in [-0.39, 0.29) is 31.8 Å². The summed E-state index contributed by atoms with van der Waals surface area (Å²) in [6, 6.07) is 0. The van der Waals surface area contributed by atoms with Crippen LogP contribution in [0.25, 0.3) is 0 Å². The maximum absolute atomic E-state index is 12.1. The van der Waals surface area contributed by atoms with Gasteiger partial charge in [0, 0.05) is 12.8 Å². The lowest BCUT2D eigenvalue weighted by Gasteiger charge is -2.26. The second kappa shape index (κ2) is 24.9. The molecule has 0 aromatic rings. The Bertz CT molecular complexity index is 514. The summed E-state index contributed by atoms with van der Waals surface area (Å²) in [5.74, 6) is 1.15. The number of ether oxygens (including phenoxy) is 2. The average Bonchev–Trinajstić information content (AvgIpc) is 2.88. The predicted octanol–water partition coefficient (Wildman–Crippen LogP) is 9.19. The van der Waals surface area contributed by atoms with Gasteiger partial charge >= 0.3 is 11.9 Å². The highest BCUT2D eigenvalue weighted by molar-refractivity contribution is 5.69. The third-order valence-corrected chi connectivity index (χ3v) is 7.37. The fourth-order valence-corrected chi connectivity index (χ4v) is 4.55. The number of rotatable bonds is 27. The Hall–Kier alpha value is -1.10. The summed E-state index contributed by atoms with van der Waals surface area (Å²) in [5, 5.41) is 9.78. The molecule has 5 nitrogen and oxygen atoms in total. The first kappa shape index (κ1) is 36.9. The van der Waals surface area contributed by atoms with E-state index in [0.717, 1.165) is 37.5 Å². The molecule has 1 N–H and O–H groups in total. The SMILES string of the molecule is CC(C)CCCCCCCCCCC(=O)OCC(C)(CO)COC(=O)CCCCCCCCCCC(C)C. The maximum Gasteiger partial charge on any atom is 0.305 e. The van der Waals surface area contributed by atoms with Crippen LogP contribution in [0.3, 0.4) is 0 Å². The Balaban J connectivity index is 3.73. The van der Waals surface area contributed by atoms with E-state index < -0.39 is 5.41 Å². The zero-order chi connectivity index (χ0) is 28.5. The molecular weight excluding hydrogens is 476 g/mol. The molecule has 0 atom stereocenters. The summed E-state index contributed by atoms with van der Waals surface area (Å²) in [4.78, 5) is 24.2. The van der Waals surface area contributed by atoms with E-state index in [1.165, 1.54) is 89.9 Å². The fraction of sp³-hybridized carbons (Fsp3) is 0.939. The maximum atomic E-state index is 12.1. The van der Waals surface area contributed by atoms with Gasteiger partial charge in [-0.2, -0.15) is 0 Å². The number of esters is 2. The van der Waals surface area contributed by atoms with E-state index in [4.69, 9.17) is 9.47 Å². The van der Waals surface area contributed by atoms with Crippen LogP contribution in [0.5, 0.6) is 0 Å². The van der Waals surface area contributed by atoms with Gasteiger partial charge in [0.05, 0.1) is 12.0 Å². The van der Waals surface area contributed by atoms with Crippen molar-refractivity contribution in [2.24, 2.45) is 17.3 Å². The first-order valence-electron chi connectivity index (χ1n) is 16.1. The third-order valence-electron chi connectivity index (χ3n) is 7.37. The standard InChI is InChI=1S/C33H64O5/c1-29(2)22-18-14-10-6-8-12-16-20-24-31(35)37-27-33(5,26-34)28-38-32(36)25-21-17-13-9-7-11-15-19-23-30(3)4/h29-30,34H,6-28H2,1-5H3. The van der Waals surface area contributed by atoms with Gasteiger partial charge in [0.1, 0.15) is 13.2 Å². The van der Waals surface area contributed by atoms with Crippen LogP contribution in [0.4, 0.5) is 0 Å². The van der Waals surface area contributed by atoms with Crippen LogP contribution in [-0.2, 0) is 19.1 Å². The summed E-state index contributed by atoms with van der Waals surface area (Å²) in [5.41, 5.74) is -0.754. The molecule has 0 amide bonds. The molecule has 0 aliphatic rings. The van der Waals surface area contributed by atoms with Crippen molar-refractivity contribution in [3.05, 3.63) is 0 Å². The Morgan fingerprint density at radius 2 is 0.842 bits per heavy atom. The highest BCUT2D eigenvalue weighted by atomic mass is 16.5. The molecule has 38 heavy (non-hydrogen) atoms. The zero-order valence-electron chi connectivity index (χ0n) is 26.0. The van der Waals surface area contributed by atoms with Gasteiger partial charge in [-0.1, -0.05) is 137 Å². The molecule has 0 radical (unpaired) electrons. The van der Waals surface area contributed by atoms with Gasteiger partial charge in [0.25, 0.3) is 0 Å². The molecule has 5 heteroatoms. The lowest BCUT2D eigenvalue weighted by molar-refractivity contribution is -0.155. The number of hydrogen-bond acceptors (Lipinski definition) is 5. The molecule has 0 fully saturated rings. The van der Waals surface area contributed by atoms with Crippen molar-refractivity contribution in [2.45, 2.75) is 163 Å². The number of aliphatic hydroxyl groups excluding tert-OH is 1. The summed E-state index contributed by atoms with van der Waals surface area (Å²) in [6.07, 6.45) is 22.6. The van der Waals surface area contributed by atoms with E-state index in [1.807, 2.05) is 0 Å². The quantitative estimate of drug-likeness (QED) is 0.0830. The minimum absolute atomic E-state index is 0.0726. The van der Waals surface area contributed by atoms with Crippen LogP contribution in [0.2, 0.25) is 0 Å². The zero-order valence-corrected chi connectivity index (χ0v) is 26.0. The van der Waals surface area contributed by atoms with E-state index in [1.54, 1.807) is 6.92 Å². The summed E-state index contributed by atoms with van der Waals surface area (Å²) in [6.45, 7) is 10.9. The van der Waals surface area contributed by atoms with Crippen LogP contribution < -0.4 is 0 Å². The minimum atomic E-state index is -0.754. The number of aliphatic hydroxyl groups is 1. The van der Waals surface area contributed by atoms with Crippen molar-refractivity contribution in [1.82, 2.24) is 0 Å². The Morgan fingerprint density at radius 3 is 1.13 bits per heavy atom.